The van der Waals surface area contributed by atoms with Crippen LogP contribution in [0.1, 0.15) is 11.1 Å². The molecule has 6 nitrogen and oxygen atoms in total. The van der Waals surface area contributed by atoms with Gasteiger partial charge in [-0.1, -0.05) is 53.5 Å². The first kappa shape index (κ1) is 24.9. The number of amides is 1. The predicted molar refractivity (Wildman–Crippen MR) is 132 cm³/mol. The van der Waals surface area contributed by atoms with Gasteiger partial charge in [0.05, 0.1) is 27.2 Å². The van der Waals surface area contributed by atoms with E-state index >= 15 is 0 Å². The minimum atomic E-state index is -4.07. The zero-order valence-corrected chi connectivity index (χ0v) is 20.5. The van der Waals surface area contributed by atoms with Gasteiger partial charge in [0.25, 0.3) is 10.0 Å². The molecule has 0 aliphatic heterocycles. The molecule has 9 heteroatoms. The number of ether oxygens (including phenoxy) is 1. The first-order chi connectivity index (χ1) is 15.7. The molecule has 0 atom stereocenters. The van der Waals surface area contributed by atoms with Crippen molar-refractivity contribution in [1.82, 2.24) is 5.32 Å². The molecule has 1 N–H and O–H groups in total. The Morgan fingerprint density at radius 1 is 0.970 bits per heavy atom. The van der Waals surface area contributed by atoms with E-state index in [4.69, 9.17) is 27.9 Å². The fourth-order valence-electron chi connectivity index (χ4n) is 3.05. The van der Waals surface area contributed by atoms with Crippen molar-refractivity contribution in [3.05, 3.63) is 87.9 Å². The summed E-state index contributed by atoms with van der Waals surface area (Å²) in [6.07, 6.45) is 0. The zero-order chi connectivity index (χ0) is 24.0. The molecule has 1 amide bonds. The summed E-state index contributed by atoms with van der Waals surface area (Å²) in [5.74, 6) is 0.195. The van der Waals surface area contributed by atoms with Crippen LogP contribution < -0.4 is 14.4 Å². The van der Waals surface area contributed by atoms with Gasteiger partial charge in [-0.15, -0.1) is 0 Å². The van der Waals surface area contributed by atoms with Gasteiger partial charge in [0, 0.05) is 0 Å². The summed E-state index contributed by atoms with van der Waals surface area (Å²) < 4.78 is 33.3. The van der Waals surface area contributed by atoms with Crippen molar-refractivity contribution >= 4 is 44.8 Å². The molecular weight excluding hydrogens is 483 g/mol. The quantitative estimate of drug-likeness (QED) is 0.414. The average Bonchev–Trinajstić information content (AvgIpc) is 2.80. The summed E-state index contributed by atoms with van der Waals surface area (Å²) in [5, 5.41) is 2.92. The highest BCUT2D eigenvalue weighted by Gasteiger charge is 2.29. The molecule has 3 aromatic rings. The number of aryl methyl sites for hydroxylation is 2. The van der Waals surface area contributed by atoms with Crippen molar-refractivity contribution < 1.29 is 17.9 Å². The Hall–Kier alpha value is -2.74. The Bertz CT molecular complexity index is 1230. The Morgan fingerprint density at radius 2 is 1.70 bits per heavy atom. The standard InChI is InChI=1S/C24H24Cl2N2O4S/c1-17-11-12-19(15-18(17)2)32-14-13-27-23(29)16-28(22-10-6-9-21(25)24(22)26)33(30,31)20-7-4-3-5-8-20/h3-12,15H,13-14,16H2,1-2H3,(H,27,29). The second-order valence-electron chi connectivity index (χ2n) is 7.34. The van der Waals surface area contributed by atoms with Gasteiger partial charge in [0.1, 0.15) is 18.9 Å². The highest BCUT2D eigenvalue weighted by atomic mass is 35.5. The molecule has 174 valence electrons. The molecule has 0 bridgehead atoms. The van der Waals surface area contributed by atoms with E-state index in [2.05, 4.69) is 5.32 Å². The first-order valence-corrected chi connectivity index (χ1v) is 12.4. The van der Waals surface area contributed by atoms with Gasteiger partial charge in [-0.05, 0) is 61.4 Å². The van der Waals surface area contributed by atoms with Gasteiger partial charge in [0.2, 0.25) is 5.91 Å². The first-order valence-electron chi connectivity index (χ1n) is 10.2. The van der Waals surface area contributed by atoms with Crippen LogP contribution in [0.4, 0.5) is 5.69 Å². The van der Waals surface area contributed by atoms with Crippen LogP contribution in [0.5, 0.6) is 5.75 Å². The maximum absolute atomic E-state index is 13.3. The van der Waals surface area contributed by atoms with Gasteiger partial charge in [-0.2, -0.15) is 0 Å². The molecule has 0 unspecified atom stereocenters. The van der Waals surface area contributed by atoms with Crippen molar-refractivity contribution in [3.8, 4) is 5.75 Å². The number of hydrogen-bond acceptors (Lipinski definition) is 4. The minimum absolute atomic E-state index is 0.0342. The molecule has 0 aliphatic carbocycles. The maximum atomic E-state index is 13.3. The van der Waals surface area contributed by atoms with Gasteiger partial charge in [0.15, 0.2) is 0 Å². The molecule has 0 saturated heterocycles. The second kappa shape index (κ2) is 10.9. The molecule has 0 saturated carbocycles. The van der Waals surface area contributed by atoms with Crippen molar-refractivity contribution in [3.63, 3.8) is 0 Å². The number of anilines is 1. The minimum Gasteiger partial charge on any atom is -0.492 e. The lowest BCUT2D eigenvalue weighted by Gasteiger charge is -2.25. The Kier molecular flexibility index (Phi) is 8.24. The normalized spacial score (nSPS) is 11.2. The smallest absolute Gasteiger partial charge is 0.264 e. The van der Waals surface area contributed by atoms with E-state index in [9.17, 15) is 13.2 Å². The summed E-state index contributed by atoms with van der Waals surface area (Å²) >= 11 is 12.4. The Morgan fingerprint density at radius 3 is 2.39 bits per heavy atom. The van der Waals surface area contributed by atoms with Crippen LogP contribution in [0.15, 0.2) is 71.6 Å². The van der Waals surface area contributed by atoms with Gasteiger partial charge in [-0.3, -0.25) is 9.10 Å². The van der Waals surface area contributed by atoms with Gasteiger partial charge in [-0.25, -0.2) is 8.42 Å². The van der Waals surface area contributed by atoms with E-state index in [1.807, 2.05) is 32.0 Å². The van der Waals surface area contributed by atoms with Crippen LogP contribution in [0.25, 0.3) is 0 Å². The predicted octanol–water partition coefficient (Wildman–Crippen LogP) is 5.00. The molecule has 33 heavy (non-hydrogen) atoms. The van der Waals surface area contributed by atoms with Crippen LogP contribution in [0.2, 0.25) is 10.0 Å². The van der Waals surface area contributed by atoms with Crippen molar-refractivity contribution in [1.29, 1.82) is 0 Å². The second-order valence-corrected chi connectivity index (χ2v) is 9.99. The van der Waals surface area contributed by atoms with Crippen LogP contribution in [-0.4, -0.2) is 34.0 Å². The van der Waals surface area contributed by atoms with Crippen molar-refractivity contribution in [2.24, 2.45) is 0 Å². The number of halogens is 2. The summed E-state index contributed by atoms with van der Waals surface area (Å²) in [7, 11) is -4.07. The average molecular weight is 507 g/mol. The summed E-state index contributed by atoms with van der Waals surface area (Å²) in [6.45, 7) is 3.97. The molecule has 0 radical (unpaired) electrons. The number of hydrogen-bond donors (Lipinski definition) is 1. The van der Waals surface area contributed by atoms with Crippen molar-refractivity contribution in [2.75, 3.05) is 24.0 Å². The third-order valence-corrected chi connectivity index (χ3v) is 7.57. The van der Waals surface area contributed by atoms with E-state index in [0.717, 1.165) is 15.4 Å². The Balaban J connectivity index is 1.72. The third-order valence-electron chi connectivity index (χ3n) is 4.99. The van der Waals surface area contributed by atoms with Crippen molar-refractivity contribution in [2.45, 2.75) is 18.7 Å². The van der Waals surface area contributed by atoms with E-state index in [1.54, 1.807) is 30.3 Å². The molecule has 3 aromatic carbocycles. The number of carbonyl (C=O) groups excluding carboxylic acids is 1. The number of benzene rings is 3. The molecule has 0 aromatic heterocycles. The number of nitrogens with zero attached hydrogens (tertiary/aromatic N) is 1. The number of nitrogens with one attached hydrogen (secondary N) is 1. The lowest BCUT2D eigenvalue weighted by molar-refractivity contribution is -0.119. The highest BCUT2D eigenvalue weighted by molar-refractivity contribution is 7.92. The van der Waals surface area contributed by atoms with Crippen LogP contribution >= 0.6 is 23.2 Å². The fourth-order valence-corrected chi connectivity index (χ4v) is 4.96. The SMILES string of the molecule is Cc1ccc(OCCNC(=O)CN(c2cccc(Cl)c2Cl)S(=O)(=O)c2ccccc2)cc1C. The number of carbonyl (C=O) groups is 1. The zero-order valence-electron chi connectivity index (χ0n) is 18.2. The molecule has 0 spiro atoms. The number of sulfonamides is 1. The maximum Gasteiger partial charge on any atom is 0.264 e. The van der Waals surface area contributed by atoms with E-state index in [0.29, 0.717) is 5.75 Å². The lowest BCUT2D eigenvalue weighted by atomic mass is 10.1. The van der Waals surface area contributed by atoms with Crippen LogP contribution in [-0.2, 0) is 14.8 Å². The van der Waals surface area contributed by atoms with Gasteiger partial charge < -0.3 is 10.1 Å². The summed E-state index contributed by atoms with van der Waals surface area (Å²) in [6, 6.07) is 18.2. The van der Waals surface area contributed by atoms with E-state index in [1.165, 1.54) is 18.2 Å². The van der Waals surface area contributed by atoms with E-state index < -0.39 is 22.5 Å². The monoisotopic (exact) mass is 506 g/mol. The lowest BCUT2D eigenvalue weighted by Crippen LogP contribution is -2.42. The van der Waals surface area contributed by atoms with Gasteiger partial charge >= 0.3 is 0 Å². The topological polar surface area (TPSA) is 75.7 Å². The fraction of sp³-hybridized carbons (Fsp3) is 0.208. The molecule has 0 heterocycles. The molecular formula is C24H24Cl2N2O4S. The summed E-state index contributed by atoms with van der Waals surface area (Å²) in [4.78, 5) is 12.7. The van der Waals surface area contributed by atoms with Crippen LogP contribution in [0, 0.1) is 13.8 Å². The Labute approximate surface area is 204 Å². The largest absolute Gasteiger partial charge is 0.492 e. The van der Waals surface area contributed by atoms with Crippen LogP contribution in [0.3, 0.4) is 0 Å². The third kappa shape index (κ3) is 6.19. The van der Waals surface area contributed by atoms with E-state index in [-0.39, 0.29) is 33.8 Å². The molecule has 3 rings (SSSR count). The number of rotatable bonds is 9. The molecule has 0 fully saturated rings. The summed E-state index contributed by atoms with van der Waals surface area (Å²) in [5.41, 5.74) is 2.39. The highest BCUT2D eigenvalue weighted by Crippen LogP contribution is 2.35. The molecule has 0 aliphatic rings.